The van der Waals surface area contributed by atoms with Crippen LogP contribution >= 0.6 is 0 Å². The second-order valence-corrected chi connectivity index (χ2v) is 6.67. The molecule has 0 saturated carbocycles. The Morgan fingerprint density at radius 2 is 1.83 bits per heavy atom. The highest BCUT2D eigenvalue weighted by Crippen LogP contribution is 2.15. The molecule has 1 aromatic carbocycles. The van der Waals surface area contributed by atoms with Gasteiger partial charge in [0.2, 0.25) is 0 Å². The van der Waals surface area contributed by atoms with Gasteiger partial charge in [0.15, 0.2) is 0 Å². The van der Waals surface area contributed by atoms with Crippen LogP contribution in [0.1, 0.15) is 23.8 Å². The molecule has 1 heterocycles. The lowest BCUT2D eigenvalue weighted by Gasteiger charge is -2.06. The molecule has 23 heavy (non-hydrogen) atoms. The van der Waals surface area contributed by atoms with Crippen LogP contribution in [0.5, 0.6) is 5.75 Å². The summed E-state index contributed by atoms with van der Waals surface area (Å²) in [4.78, 5) is 13.8. The van der Waals surface area contributed by atoms with Crippen molar-refractivity contribution in [2.45, 2.75) is 25.7 Å². The van der Waals surface area contributed by atoms with Crippen molar-refractivity contribution in [2.75, 3.05) is 0 Å². The van der Waals surface area contributed by atoms with E-state index in [0.29, 0.717) is 0 Å². The predicted molar refractivity (Wildman–Crippen MR) is 85.1 cm³/mol. The Labute approximate surface area is 133 Å². The van der Waals surface area contributed by atoms with Crippen LogP contribution in [0, 0.1) is 13.8 Å². The molecule has 122 valence electrons. The third-order valence-corrected chi connectivity index (χ3v) is 4.30. The number of nitrogens with zero attached hydrogens (tertiary/aromatic N) is 1. The van der Waals surface area contributed by atoms with Crippen molar-refractivity contribution >= 4 is 15.7 Å². The van der Waals surface area contributed by atoms with Gasteiger partial charge in [0.25, 0.3) is 10.0 Å². The van der Waals surface area contributed by atoms with Crippen LogP contribution in [-0.4, -0.2) is 19.2 Å². The average molecular weight is 336 g/mol. The van der Waals surface area contributed by atoms with Gasteiger partial charge in [-0.05, 0) is 32.9 Å². The molecule has 2 N–H and O–H groups in total. The van der Waals surface area contributed by atoms with Crippen LogP contribution in [0.4, 0.5) is 0 Å². The van der Waals surface area contributed by atoms with E-state index < -0.39 is 15.6 Å². The minimum absolute atomic E-state index is 0.00747. The summed E-state index contributed by atoms with van der Waals surface area (Å²) in [6.07, 6.45) is 0. The predicted octanol–water partition coefficient (Wildman–Crippen LogP) is 1.66. The van der Waals surface area contributed by atoms with Gasteiger partial charge in [0, 0.05) is 6.07 Å². The lowest BCUT2D eigenvalue weighted by Crippen LogP contribution is -2.22. The van der Waals surface area contributed by atoms with Crippen molar-refractivity contribution in [3.63, 3.8) is 0 Å². The number of sulfonamides is 1. The molecule has 8 heteroatoms. The zero-order valence-electron chi connectivity index (χ0n) is 12.8. The van der Waals surface area contributed by atoms with E-state index in [0.717, 1.165) is 5.56 Å². The number of aromatic hydroxyl groups is 1. The number of benzene rings is 1. The molecule has 0 bridgehead atoms. The lowest BCUT2D eigenvalue weighted by atomic mass is 10.2. The van der Waals surface area contributed by atoms with E-state index in [9.17, 15) is 18.3 Å². The first-order valence-corrected chi connectivity index (χ1v) is 8.16. The van der Waals surface area contributed by atoms with E-state index in [1.54, 1.807) is 12.1 Å². The van der Waals surface area contributed by atoms with Crippen LogP contribution in [0.15, 0.2) is 49.5 Å². The van der Waals surface area contributed by atoms with E-state index in [1.165, 1.54) is 32.0 Å². The summed E-state index contributed by atoms with van der Waals surface area (Å²) in [5.74, 6) is -0.0844. The molecule has 0 unspecified atom stereocenters. The maximum absolute atomic E-state index is 12.1. The first-order chi connectivity index (χ1) is 10.7. The zero-order valence-corrected chi connectivity index (χ0v) is 13.6. The van der Waals surface area contributed by atoms with E-state index in [1.807, 2.05) is 11.8 Å². The summed E-state index contributed by atoms with van der Waals surface area (Å²) in [7, 11) is -3.87. The average Bonchev–Trinajstić information content (AvgIpc) is 2.44. The fourth-order valence-corrected chi connectivity index (χ4v) is 2.74. The zero-order chi connectivity index (χ0) is 17.2. The smallest absolute Gasteiger partial charge is 0.348 e. The Bertz CT molecular complexity index is 912. The minimum Gasteiger partial charge on any atom is -0.507 e. The second kappa shape index (κ2) is 6.25. The van der Waals surface area contributed by atoms with Crippen molar-refractivity contribution in [2.24, 2.45) is 5.10 Å². The van der Waals surface area contributed by atoms with Gasteiger partial charge in [-0.2, -0.15) is 18.4 Å². The standard InChI is InChI=1S/C15H16N2O5S/c1-9-4-6-12(7-5-9)23(20,21)17-16-11(3)14-13(18)8-10(2)22-15(14)19/h4-8,17-18H,1-3H3/b16-11-. The Kier molecular flexibility index (Phi) is 4.55. The molecule has 0 saturated heterocycles. The maximum atomic E-state index is 12.1. The Morgan fingerprint density at radius 3 is 2.39 bits per heavy atom. The molecule has 0 spiro atoms. The van der Waals surface area contributed by atoms with Crippen LogP contribution < -0.4 is 10.5 Å². The molecule has 0 aliphatic rings. The Balaban J connectivity index is 2.33. The fraction of sp³-hybridized carbons (Fsp3) is 0.200. The SMILES string of the molecule is C/C(=N/NS(=O)(=O)c1ccc(C)cc1)c1c(O)cc(C)oc1=O. The molecule has 1 aromatic heterocycles. The summed E-state index contributed by atoms with van der Waals surface area (Å²) in [6.45, 7) is 4.74. The second-order valence-electron chi connectivity index (χ2n) is 5.01. The van der Waals surface area contributed by atoms with Gasteiger partial charge in [0.05, 0.1) is 10.6 Å². The normalized spacial score (nSPS) is 12.2. The third kappa shape index (κ3) is 3.78. The van der Waals surface area contributed by atoms with E-state index in [-0.39, 0.29) is 27.7 Å². The van der Waals surface area contributed by atoms with Gasteiger partial charge < -0.3 is 9.52 Å². The number of nitrogens with one attached hydrogen (secondary N) is 1. The number of aryl methyl sites for hydroxylation is 2. The number of hydrogen-bond donors (Lipinski definition) is 2. The Morgan fingerprint density at radius 1 is 1.22 bits per heavy atom. The molecule has 0 fully saturated rings. The largest absolute Gasteiger partial charge is 0.507 e. The van der Waals surface area contributed by atoms with E-state index in [2.05, 4.69) is 5.10 Å². The first-order valence-electron chi connectivity index (χ1n) is 6.67. The molecular formula is C15H16N2O5S. The van der Waals surface area contributed by atoms with Crippen LogP contribution in [0.2, 0.25) is 0 Å². The quantitative estimate of drug-likeness (QED) is 0.652. The van der Waals surface area contributed by atoms with Crippen molar-refractivity contribution in [1.82, 2.24) is 4.83 Å². The summed E-state index contributed by atoms with van der Waals surface area (Å²) in [5.41, 5.74) is -0.0711. The number of hydrogen-bond acceptors (Lipinski definition) is 6. The lowest BCUT2D eigenvalue weighted by molar-refractivity contribution is 0.432. The highest BCUT2D eigenvalue weighted by atomic mass is 32.2. The topological polar surface area (TPSA) is 109 Å². The van der Waals surface area contributed by atoms with E-state index >= 15 is 0 Å². The highest BCUT2D eigenvalue weighted by molar-refractivity contribution is 7.89. The summed E-state index contributed by atoms with van der Waals surface area (Å²) < 4.78 is 29.1. The third-order valence-electron chi connectivity index (χ3n) is 3.08. The molecule has 0 aliphatic heterocycles. The molecule has 0 amide bonds. The molecule has 0 aliphatic carbocycles. The van der Waals surface area contributed by atoms with Gasteiger partial charge in [-0.15, -0.1) is 0 Å². The summed E-state index contributed by atoms with van der Waals surface area (Å²) in [6, 6.07) is 7.46. The van der Waals surface area contributed by atoms with Gasteiger partial charge in [-0.1, -0.05) is 17.7 Å². The molecule has 0 radical (unpaired) electrons. The van der Waals surface area contributed by atoms with Crippen molar-refractivity contribution in [3.8, 4) is 5.75 Å². The first kappa shape index (κ1) is 16.8. The van der Waals surface area contributed by atoms with Gasteiger partial charge in [0.1, 0.15) is 17.1 Å². The van der Waals surface area contributed by atoms with Gasteiger partial charge >= 0.3 is 5.63 Å². The highest BCUT2D eigenvalue weighted by Gasteiger charge is 2.16. The number of hydrazone groups is 1. The molecule has 0 atom stereocenters. The minimum atomic E-state index is -3.87. The fourth-order valence-electron chi connectivity index (χ4n) is 1.88. The van der Waals surface area contributed by atoms with Crippen molar-refractivity contribution < 1.29 is 17.9 Å². The van der Waals surface area contributed by atoms with E-state index in [4.69, 9.17) is 4.42 Å². The number of rotatable bonds is 4. The molecule has 2 rings (SSSR count). The monoisotopic (exact) mass is 336 g/mol. The van der Waals surface area contributed by atoms with Gasteiger partial charge in [-0.3, -0.25) is 0 Å². The molecular weight excluding hydrogens is 320 g/mol. The van der Waals surface area contributed by atoms with Crippen LogP contribution in [0.3, 0.4) is 0 Å². The Hall–Kier alpha value is -2.61. The molecule has 2 aromatic rings. The molecule has 7 nitrogen and oxygen atoms in total. The van der Waals surface area contributed by atoms with Crippen LogP contribution in [0.25, 0.3) is 0 Å². The van der Waals surface area contributed by atoms with Gasteiger partial charge in [-0.25, -0.2) is 4.79 Å². The van der Waals surface area contributed by atoms with Crippen molar-refractivity contribution in [1.29, 1.82) is 0 Å². The van der Waals surface area contributed by atoms with Crippen molar-refractivity contribution in [3.05, 3.63) is 57.6 Å². The van der Waals surface area contributed by atoms with Crippen LogP contribution in [-0.2, 0) is 10.0 Å². The summed E-state index contributed by atoms with van der Waals surface area (Å²) in [5, 5.41) is 13.5. The summed E-state index contributed by atoms with van der Waals surface area (Å²) >= 11 is 0. The maximum Gasteiger partial charge on any atom is 0.348 e.